The van der Waals surface area contributed by atoms with Gasteiger partial charge < -0.3 is 10.6 Å². The number of halogens is 5. The Morgan fingerprint density at radius 2 is 1.88 bits per heavy atom. The Morgan fingerprint density at radius 3 is 2.44 bits per heavy atom. The number of alkyl halides is 3. The van der Waals surface area contributed by atoms with Crippen LogP contribution in [0.3, 0.4) is 0 Å². The van der Waals surface area contributed by atoms with E-state index in [0.717, 1.165) is 5.57 Å². The fourth-order valence-electron chi connectivity index (χ4n) is 2.97. The summed E-state index contributed by atoms with van der Waals surface area (Å²) < 4.78 is 41.7. The fraction of sp³-hybridized carbons (Fsp3) is 0.353. The molecule has 1 aliphatic heterocycles. The SMILES string of the molecule is CC1=C(N)CC(C2=NOC(c3cc(Cl)cc(Cl)c3)(C(F)(F)F)C2)C=C1. The molecular formula is C17H15Cl2F3N2O. The molecule has 0 amide bonds. The number of benzene rings is 1. The first-order chi connectivity index (χ1) is 11.6. The molecule has 0 aromatic heterocycles. The van der Waals surface area contributed by atoms with Crippen LogP contribution in [-0.2, 0) is 10.4 Å². The van der Waals surface area contributed by atoms with Crippen LogP contribution in [0.1, 0.15) is 25.3 Å². The average molecular weight is 391 g/mol. The van der Waals surface area contributed by atoms with Gasteiger partial charge in [-0.25, -0.2) is 0 Å². The number of rotatable bonds is 2. The van der Waals surface area contributed by atoms with Crippen molar-refractivity contribution in [2.45, 2.75) is 31.5 Å². The standard InChI is InChI=1S/C17H15Cl2F3N2O/c1-9-2-3-10(4-14(9)23)15-8-16(25-24-15,17(20,21)22)11-5-12(18)7-13(19)6-11/h2-3,5-7,10H,4,8,23H2,1H3. The maximum Gasteiger partial charge on any atom is 0.435 e. The van der Waals surface area contributed by atoms with E-state index in [2.05, 4.69) is 5.16 Å². The Bertz CT molecular complexity index is 781. The van der Waals surface area contributed by atoms with Gasteiger partial charge in [-0.2, -0.15) is 13.2 Å². The van der Waals surface area contributed by atoms with Crippen molar-refractivity contribution < 1.29 is 18.0 Å². The first-order valence-electron chi connectivity index (χ1n) is 7.54. The van der Waals surface area contributed by atoms with Crippen LogP contribution in [0.15, 0.2) is 46.8 Å². The quantitative estimate of drug-likeness (QED) is 0.740. The monoisotopic (exact) mass is 390 g/mol. The second kappa shape index (κ2) is 6.25. The molecule has 1 heterocycles. The van der Waals surface area contributed by atoms with Crippen LogP contribution in [0.2, 0.25) is 10.0 Å². The van der Waals surface area contributed by atoms with E-state index in [1.807, 2.05) is 6.92 Å². The molecule has 134 valence electrons. The maximum atomic E-state index is 13.9. The lowest BCUT2D eigenvalue weighted by Gasteiger charge is -2.30. The predicted octanol–water partition coefficient (Wildman–Crippen LogP) is 5.34. The van der Waals surface area contributed by atoms with Crippen LogP contribution in [-0.4, -0.2) is 11.9 Å². The van der Waals surface area contributed by atoms with Crippen LogP contribution >= 0.6 is 23.2 Å². The Balaban J connectivity index is 1.95. The zero-order chi connectivity index (χ0) is 18.4. The second-order valence-corrected chi connectivity index (χ2v) is 7.08. The van der Waals surface area contributed by atoms with E-state index in [1.54, 1.807) is 12.2 Å². The van der Waals surface area contributed by atoms with E-state index in [4.69, 9.17) is 33.8 Å². The van der Waals surface area contributed by atoms with Crippen molar-refractivity contribution in [1.82, 2.24) is 0 Å². The largest absolute Gasteiger partial charge is 0.435 e. The molecule has 0 radical (unpaired) electrons. The van der Waals surface area contributed by atoms with Gasteiger partial charge in [0.1, 0.15) is 0 Å². The normalized spacial score (nSPS) is 26.6. The van der Waals surface area contributed by atoms with Crippen molar-refractivity contribution >= 4 is 28.9 Å². The van der Waals surface area contributed by atoms with Crippen molar-refractivity contribution in [3.05, 3.63) is 57.2 Å². The molecule has 8 heteroatoms. The highest BCUT2D eigenvalue weighted by molar-refractivity contribution is 6.34. The molecule has 1 aromatic carbocycles. The highest BCUT2D eigenvalue weighted by atomic mass is 35.5. The van der Waals surface area contributed by atoms with E-state index >= 15 is 0 Å². The lowest BCUT2D eigenvalue weighted by atomic mass is 9.82. The summed E-state index contributed by atoms with van der Waals surface area (Å²) in [6, 6.07) is 3.77. The number of nitrogens with zero attached hydrogens (tertiary/aromatic N) is 1. The van der Waals surface area contributed by atoms with Crippen LogP contribution in [0.5, 0.6) is 0 Å². The summed E-state index contributed by atoms with van der Waals surface area (Å²) in [5.41, 5.74) is 4.97. The Kier molecular flexibility index (Phi) is 4.54. The van der Waals surface area contributed by atoms with E-state index in [9.17, 15) is 13.2 Å². The molecule has 2 aliphatic rings. The third kappa shape index (κ3) is 3.25. The van der Waals surface area contributed by atoms with Gasteiger partial charge >= 0.3 is 6.18 Å². The summed E-state index contributed by atoms with van der Waals surface area (Å²) in [4.78, 5) is 4.98. The van der Waals surface area contributed by atoms with Crippen LogP contribution < -0.4 is 5.73 Å². The summed E-state index contributed by atoms with van der Waals surface area (Å²) >= 11 is 11.8. The summed E-state index contributed by atoms with van der Waals surface area (Å²) in [5, 5.41) is 3.96. The molecule has 1 aromatic rings. The molecule has 2 N–H and O–H groups in total. The van der Waals surface area contributed by atoms with Gasteiger partial charge in [0.05, 0.1) is 5.71 Å². The second-order valence-electron chi connectivity index (χ2n) is 6.21. The number of hydrogen-bond donors (Lipinski definition) is 1. The lowest BCUT2D eigenvalue weighted by Crippen LogP contribution is -2.43. The Hall–Kier alpha value is -1.66. The molecule has 0 fully saturated rings. The van der Waals surface area contributed by atoms with E-state index in [0.29, 0.717) is 17.8 Å². The summed E-state index contributed by atoms with van der Waals surface area (Å²) in [6.45, 7) is 1.85. The Morgan fingerprint density at radius 1 is 1.24 bits per heavy atom. The van der Waals surface area contributed by atoms with Crippen molar-refractivity contribution in [1.29, 1.82) is 0 Å². The number of allylic oxidation sites excluding steroid dienone is 4. The van der Waals surface area contributed by atoms with Crippen molar-refractivity contribution in [2.75, 3.05) is 0 Å². The van der Waals surface area contributed by atoms with Crippen LogP contribution in [0, 0.1) is 5.92 Å². The molecule has 3 rings (SSSR count). The lowest BCUT2D eigenvalue weighted by molar-refractivity contribution is -0.275. The molecule has 2 unspecified atom stereocenters. The summed E-state index contributed by atoms with van der Waals surface area (Å²) in [7, 11) is 0. The minimum absolute atomic E-state index is 0.100. The van der Waals surface area contributed by atoms with Gasteiger partial charge in [-0.05, 0) is 37.1 Å². The minimum atomic E-state index is -4.69. The van der Waals surface area contributed by atoms with Crippen molar-refractivity contribution in [3.8, 4) is 0 Å². The molecule has 0 saturated heterocycles. The van der Waals surface area contributed by atoms with Crippen molar-refractivity contribution in [2.24, 2.45) is 16.8 Å². The maximum absolute atomic E-state index is 13.9. The number of nitrogens with two attached hydrogens (primary N) is 1. The van der Waals surface area contributed by atoms with Gasteiger partial charge in [0, 0.05) is 33.6 Å². The topological polar surface area (TPSA) is 47.6 Å². The minimum Gasteiger partial charge on any atom is -0.402 e. The molecule has 0 spiro atoms. The molecule has 0 bridgehead atoms. The van der Waals surface area contributed by atoms with Gasteiger partial charge in [-0.15, -0.1) is 0 Å². The highest BCUT2D eigenvalue weighted by Crippen LogP contribution is 2.50. The average Bonchev–Trinajstić information content (AvgIpc) is 2.95. The number of hydrogen-bond acceptors (Lipinski definition) is 3. The first-order valence-corrected chi connectivity index (χ1v) is 8.29. The smallest absolute Gasteiger partial charge is 0.402 e. The molecule has 1 aliphatic carbocycles. The Labute approximate surface area is 152 Å². The van der Waals surface area contributed by atoms with Gasteiger partial charge in [-0.3, -0.25) is 0 Å². The van der Waals surface area contributed by atoms with E-state index < -0.39 is 18.2 Å². The predicted molar refractivity (Wildman–Crippen MR) is 91.5 cm³/mol. The highest BCUT2D eigenvalue weighted by Gasteiger charge is 2.62. The summed E-state index contributed by atoms with van der Waals surface area (Å²) in [6.07, 6.45) is -1.13. The first kappa shape index (κ1) is 18.1. The molecule has 2 atom stereocenters. The van der Waals surface area contributed by atoms with Crippen LogP contribution in [0.25, 0.3) is 0 Å². The molecule has 3 nitrogen and oxygen atoms in total. The van der Waals surface area contributed by atoms with Gasteiger partial charge in [0.15, 0.2) is 0 Å². The summed E-state index contributed by atoms with van der Waals surface area (Å²) in [5.74, 6) is -0.331. The van der Waals surface area contributed by atoms with E-state index in [1.165, 1.54) is 18.2 Å². The van der Waals surface area contributed by atoms with E-state index in [-0.39, 0.29) is 21.5 Å². The molecule has 25 heavy (non-hydrogen) atoms. The fourth-order valence-corrected chi connectivity index (χ4v) is 3.50. The van der Waals surface area contributed by atoms with Gasteiger partial charge in [0.25, 0.3) is 5.60 Å². The van der Waals surface area contributed by atoms with Crippen molar-refractivity contribution in [3.63, 3.8) is 0 Å². The third-order valence-corrected chi connectivity index (χ3v) is 4.92. The molecular weight excluding hydrogens is 376 g/mol. The zero-order valence-electron chi connectivity index (χ0n) is 13.2. The molecule has 0 saturated carbocycles. The van der Waals surface area contributed by atoms with Crippen LogP contribution in [0.4, 0.5) is 13.2 Å². The van der Waals surface area contributed by atoms with Gasteiger partial charge in [0.2, 0.25) is 0 Å². The zero-order valence-corrected chi connectivity index (χ0v) is 14.7. The van der Waals surface area contributed by atoms with Gasteiger partial charge in [-0.1, -0.05) is 40.5 Å². The number of oxime groups is 1. The third-order valence-electron chi connectivity index (χ3n) is 4.49.